The Bertz CT molecular complexity index is 931. The first-order chi connectivity index (χ1) is 16.5. The molecule has 3 aromatic rings. The molecule has 0 aliphatic heterocycles. The van der Waals surface area contributed by atoms with Crippen molar-refractivity contribution in [1.29, 1.82) is 5.41 Å². The second-order valence-corrected chi connectivity index (χ2v) is 12.2. The minimum Gasteiger partial charge on any atom is -0.370 e. The number of hydrogen-bond acceptors (Lipinski definition) is 2. The van der Waals surface area contributed by atoms with Gasteiger partial charge in [-0.1, -0.05) is 61.0 Å². The first-order valence-corrected chi connectivity index (χ1v) is 13.9. The Morgan fingerprint density at radius 3 is 1.68 bits per heavy atom. The van der Waals surface area contributed by atoms with Crippen molar-refractivity contribution in [2.45, 2.75) is 25.7 Å². The predicted molar refractivity (Wildman–Crippen MR) is 146 cm³/mol. The van der Waals surface area contributed by atoms with Gasteiger partial charge in [-0.05, 0) is 55.7 Å². The fourth-order valence-corrected chi connectivity index (χ4v) is 8.70. The van der Waals surface area contributed by atoms with Crippen molar-refractivity contribution in [3.63, 3.8) is 0 Å². The first-order valence-electron chi connectivity index (χ1n) is 11.9. The lowest BCUT2D eigenvalue weighted by molar-refractivity contribution is -0.121. The summed E-state index contributed by atoms with van der Waals surface area (Å²) in [6, 6.07) is 33.0. The van der Waals surface area contributed by atoms with Crippen LogP contribution in [0, 0.1) is 5.41 Å². The summed E-state index contributed by atoms with van der Waals surface area (Å²) in [4.78, 5) is 13.4. The van der Waals surface area contributed by atoms with E-state index in [-0.39, 0.29) is 18.4 Å². The monoisotopic (exact) mass is 475 g/mol. The third kappa shape index (κ3) is 6.68. The molecule has 0 bridgehead atoms. The van der Waals surface area contributed by atoms with Gasteiger partial charge < -0.3 is 16.0 Å². The lowest BCUT2D eigenvalue weighted by atomic mass is 10.2. The van der Waals surface area contributed by atoms with Gasteiger partial charge in [0, 0.05) is 13.6 Å². The Balaban J connectivity index is 1.65. The average molecular weight is 476 g/mol. The van der Waals surface area contributed by atoms with Crippen LogP contribution in [0.15, 0.2) is 91.0 Å². The Morgan fingerprint density at radius 2 is 1.24 bits per heavy atom. The quantitative estimate of drug-likeness (QED) is 0.162. The molecule has 3 aromatic carbocycles. The molecule has 1 amide bonds. The van der Waals surface area contributed by atoms with Gasteiger partial charge in [0.15, 0.2) is 5.96 Å². The van der Waals surface area contributed by atoms with Gasteiger partial charge in [0.25, 0.3) is 0 Å². The number of unbranched alkanes of at least 4 members (excludes halogenated alkanes) is 3. The summed E-state index contributed by atoms with van der Waals surface area (Å²) in [5.41, 5.74) is 5.39. The fraction of sp³-hybridized carbons (Fsp3) is 0.286. The van der Waals surface area contributed by atoms with Crippen LogP contribution in [0.2, 0.25) is 0 Å². The zero-order valence-electron chi connectivity index (χ0n) is 20.0. The van der Waals surface area contributed by atoms with Crippen LogP contribution >= 0.6 is 7.26 Å². The van der Waals surface area contributed by atoms with Gasteiger partial charge >= 0.3 is 0 Å². The van der Waals surface area contributed by atoms with Crippen molar-refractivity contribution in [1.82, 2.24) is 10.2 Å². The number of nitrogens with one attached hydrogen (secondary N) is 2. The van der Waals surface area contributed by atoms with Gasteiger partial charge in [0.2, 0.25) is 5.91 Å². The average Bonchev–Trinajstić information content (AvgIpc) is 2.87. The maximum absolute atomic E-state index is 11.9. The second kappa shape index (κ2) is 12.9. The number of amides is 1. The van der Waals surface area contributed by atoms with Crippen molar-refractivity contribution in [2.75, 3.05) is 26.3 Å². The van der Waals surface area contributed by atoms with E-state index in [0.29, 0.717) is 6.54 Å². The highest BCUT2D eigenvalue weighted by Crippen LogP contribution is 2.55. The van der Waals surface area contributed by atoms with Gasteiger partial charge in [0.1, 0.15) is 23.2 Å². The van der Waals surface area contributed by atoms with Gasteiger partial charge in [-0.2, -0.15) is 0 Å². The Morgan fingerprint density at radius 1 is 0.794 bits per heavy atom. The van der Waals surface area contributed by atoms with E-state index in [4.69, 9.17) is 11.1 Å². The number of likely N-dealkylation sites (N-methyl/N-ethyl adjacent to an activating group) is 1. The zero-order valence-corrected chi connectivity index (χ0v) is 20.9. The van der Waals surface area contributed by atoms with E-state index in [1.54, 1.807) is 7.05 Å². The maximum atomic E-state index is 11.9. The van der Waals surface area contributed by atoms with Crippen molar-refractivity contribution in [3.05, 3.63) is 91.0 Å². The molecule has 0 fully saturated rings. The van der Waals surface area contributed by atoms with Crippen LogP contribution in [0.1, 0.15) is 25.7 Å². The van der Waals surface area contributed by atoms with Crippen LogP contribution < -0.4 is 27.0 Å². The van der Waals surface area contributed by atoms with E-state index in [2.05, 4.69) is 96.3 Å². The number of benzene rings is 3. The molecule has 0 saturated heterocycles. The second-order valence-electron chi connectivity index (χ2n) is 8.55. The molecule has 4 N–H and O–H groups in total. The van der Waals surface area contributed by atoms with E-state index in [0.717, 1.165) is 31.8 Å². The van der Waals surface area contributed by atoms with E-state index in [1.807, 2.05) is 0 Å². The van der Waals surface area contributed by atoms with Crippen LogP contribution in [0.5, 0.6) is 0 Å². The molecule has 0 atom stereocenters. The molecule has 6 heteroatoms. The summed E-state index contributed by atoms with van der Waals surface area (Å²) >= 11 is 0. The molecule has 3 rings (SSSR count). The van der Waals surface area contributed by atoms with E-state index in [1.165, 1.54) is 20.8 Å². The Kier molecular flexibility index (Phi) is 9.66. The molecule has 34 heavy (non-hydrogen) atoms. The number of nitrogens with two attached hydrogens (primary N) is 1. The SMILES string of the molecule is CN(CC(=O)NCCCCCC[P+](c1ccccc1)(c1ccccc1)c1ccccc1)C(=N)N. The highest BCUT2D eigenvalue weighted by molar-refractivity contribution is 7.95. The normalized spacial score (nSPS) is 11.1. The third-order valence-electron chi connectivity index (χ3n) is 6.13. The topological polar surface area (TPSA) is 82.2 Å². The molecule has 0 heterocycles. The predicted octanol–water partition coefficient (Wildman–Crippen LogP) is 3.48. The number of nitrogens with zero attached hydrogens (tertiary/aromatic N) is 1. The van der Waals surface area contributed by atoms with E-state index < -0.39 is 7.26 Å². The highest BCUT2D eigenvalue weighted by atomic mass is 31.2. The van der Waals surface area contributed by atoms with Crippen LogP contribution in [-0.2, 0) is 4.79 Å². The van der Waals surface area contributed by atoms with Crippen LogP contribution in [-0.4, -0.2) is 43.1 Å². The highest BCUT2D eigenvalue weighted by Gasteiger charge is 2.44. The number of carbonyl (C=O) groups excluding carboxylic acids is 1. The van der Waals surface area contributed by atoms with E-state index in [9.17, 15) is 4.79 Å². The zero-order chi connectivity index (χ0) is 24.2. The Hall–Kier alpha value is -3.17. The number of carbonyl (C=O) groups is 1. The van der Waals surface area contributed by atoms with Crippen molar-refractivity contribution >= 4 is 35.0 Å². The smallest absolute Gasteiger partial charge is 0.239 e. The van der Waals surface area contributed by atoms with Gasteiger partial charge in [-0.3, -0.25) is 10.2 Å². The van der Waals surface area contributed by atoms with Gasteiger partial charge in [0.05, 0.1) is 12.7 Å². The molecule has 0 aliphatic rings. The van der Waals surface area contributed by atoms with Gasteiger partial charge in [-0.15, -0.1) is 0 Å². The standard InChI is InChI=1S/C28H35N4OP/c1-32(28(29)30)23-27(33)31-21-13-2-3-14-22-34(24-15-7-4-8-16-24,25-17-9-5-10-18-25)26-19-11-6-12-20-26/h4-12,15-20H,2-3,13-14,21-23H2,1H3,(H3-,29,30,31,33)/p+1. The van der Waals surface area contributed by atoms with Crippen molar-refractivity contribution < 1.29 is 4.79 Å². The molecule has 0 radical (unpaired) electrons. The minimum atomic E-state index is -1.76. The molecule has 178 valence electrons. The maximum Gasteiger partial charge on any atom is 0.239 e. The molecule has 0 aliphatic carbocycles. The summed E-state index contributed by atoms with van der Waals surface area (Å²) in [5, 5.41) is 14.5. The molecule has 0 unspecified atom stereocenters. The number of rotatable bonds is 12. The molecular formula is C28H36N4OP+. The van der Waals surface area contributed by atoms with Crippen LogP contribution in [0.4, 0.5) is 0 Å². The molecule has 0 spiro atoms. The summed E-state index contributed by atoms with van der Waals surface area (Å²) in [7, 11) is -0.115. The first kappa shape index (κ1) is 25.5. The lowest BCUT2D eigenvalue weighted by Gasteiger charge is -2.27. The summed E-state index contributed by atoms with van der Waals surface area (Å²) in [6.07, 6.45) is 5.40. The Labute approximate surface area is 204 Å². The number of hydrogen-bond donors (Lipinski definition) is 3. The lowest BCUT2D eigenvalue weighted by Crippen LogP contribution is -2.41. The minimum absolute atomic E-state index is 0.0973. The molecule has 0 aromatic heterocycles. The van der Waals surface area contributed by atoms with Gasteiger partial charge in [-0.25, -0.2) is 0 Å². The summed E-state index contributed by atoms with van der Waals surface area (Å²) in [6.45, 7) is 0.772. The van der Waals surface area contributed by atoms with Crippen LogP contribution in [0.25, 0.3) is 0 Å². The van der Waals surface area contributed by atoms with E-state index >= 15 is 0 Å². The molecular weight excluding hydrogens is 439 g/mol. The van der Waals surface area contributed by atoms with Crippen molar-refractivity contribution in [2.24, 2.45) is 5.73 Å². The van der Waals surface area contributed by atoms with Crippen LogP contribution in [0.3, 0.4) is 0 Å². The number of guanidine groups is 1. The fourth-order valence-electron chi connectivity index (χ4n) is 4.29. The van der Waals surface area contributed by atoms with Crippen molar-refractivity contribution in [3.8, 4) is 0 Å². The molecule has 0 saturated carbocycles. The third-order valence-corrected chi connectivity index (χ3v) is 10.7. The summed E-state index contributed by atoms with van der Waals surface area (Å²) in [5.74, 6) is -0.197. The molecule has 5 nitrogen and oxygen atoms in total. The largest absolute Gasteiger partial charge is 0.370 e. The summed E-state index contributed by atoms with van der Waals surface area (Å²) < 4.78 is 0.